The molecule has 3 aromatic rings. The number of hydrogen-bond donors (Lipinski definition) is 2. The summed E-state index contributed by atoms with van der Waals surface area (Å²) < 4.78 is 0. The van der Waals surface area contributed by atoms with Crippen LogP contribution in [-0.2, 0) is 0 Å². The number of benzene rings is 2. The minimum absolute atomic E-state index is 0.119. The molecule has 0 bridgehead atoms. The Bertz CT molecular complexity index is 911. The maximum Gasteiger partial charge on any atom is 0.269 e. The molecule has 5 nitrogen and oxygen atoms in total. The van der Waals surface area contributed by atoms with Gasteiger partial charge >= 0.3 is 0 Å². The number of likely N-dealkylation sites (tertiary alicyclic amines) is 1. The first-order valence-corrected chi connectivity index (χ1v) is 9.90. The van der Waals surface area contributed by atoms with E-state index >= 15 is 0 Å². The van der Waals surface area contributed by atoms with Crippen LogP contribution in [0.3, 0.4) is 0 Å². The third-order valence-corrected chi connectivity index (χ3v) is 5.39. The highest BCUT2D eigenvalue weighted by Crippen LogP contribution is 2.25. The quantitative estimate of drug-likeness (QED) is 0.687. The van der Waals surface area contributed by atoms with Gasteiger partial charge in [0, 0.05) is 12.1 Å². The van der Waals surface area contributed by atoms with Gasteiger partial charge in [-0.2, -0.15) is 5.10 Å². The second kappa shape index (κ2) is 8.40. The van der Waals surface area contributed by atoms with Crippen molar-refractivity contribution < 1.29 is 4.79 Å². The third-order valence-electron chi connectivity index (χ3n) is 5.39. The summed E-state index contributed by atoms with van der Waals surface area (Å²) >= 11 is 0. The molecular weight excluding hydrogens is 348 g/mol. The lowest BCUT2D eigenvalue weighted by Gasteiger charge is -2.28. The summed E-state index contributed by atoms with van der Waals surface area (Å²) in [5.74, 6) is -0.119. The molecule has 0 saturated carbocycles. The van der Waals surface area contributed by atoms with Gasteiger partial charge in [-0.15, -0.1) is 0 Å². The highest BCUT2D eigenvalue weighted by molar-refractivity contribution is 5.93. The normalized spacial score (nSPS) is 15.5. The van der Waals surface area contributed by atoms with Crippen LogP contribution in [0.25, 0.3) is 11.3 Å². The van der Waals surface area contributed by atoms with Gasteiger partial charge in [0.25, 0.3) is 5.91 Å². The SMILES string of the molecule is Cc1ccc(C(CNC(=O)c2cc(-c3ccccc3)n[nH]2)N2CCCC2)cc1. The van der Waals surface area contributed by atoms with Gasteiger partial charge in [0.2, 0.25) is 0 Å². The molecule has 1 aliphatic rings. The second-order valence-corrected chi connectivity index (χ2v) is 7.41. The zero-order valence-electron chi connectivity index (χ0n) is 16.2. The molecule has 1 atom stereocenters. The Morgan fingerprint density at radius 1 is 1.11 bits per heavy atom. The van der Waals surface area contributed by atoms with E-state index in [9.17, 15) is 4.79 Å². The molecular formula is C23H26N4O. The maximum absolute atomic E-state index is 12.7. The van der Waals surface area contributed by atoms with Crippen molar-refractivity contribution in [2.45, 2.75) is 25.8 Å². The number of amides is 1. The Morgan fingerprint density at radius 3 is 2.54 bits per heavy atom. The summed E-state index contributed by atoms with van der Waals surface area (Å²) in [4.78, 5) is 15.2. The third kappa shape index (κ3) is 4.15. The van der Waals surface area contributed by atoms with E-state index in [2.05, 4.69) is 51.6 Å². The summed E-state index contributed by atoms with van der Waals surface area (Å²) in [7, 11) is 0. The van der Waals surface area contributed by atoms with E-state index in [4.69, 9.17) is 0 Å². The van der Waals surface area contributed by atoms with Gasteiger partial charge in [-0.1, -0.05) is 60.2 Å². The van der Waals surface area contributed by atoms with Crippen molar-refractivity contribution >= 4 is 5.91 Å². The molecule has 0 radical (unpaired) electrons. The van der Waals surface area contributed by atoms with Gasteiger partial charge in [0.15, 0.2) is 0 Å². The van der Waals surface area contributed by atoms with Crippen molar-refractivity contribution in [1.82, 2.24) is 20.4 Å². The lowest BCUT2D eigenvalue weighted by atomic mass is 10.0. The Labute approximate surface area is 165 Å². The summed E-state index contributed by atoms with van der Waals surface area (Å²) in [6.45, 7) is 4.84. The number of aromatic amines is 1. The number of nitrogens with one attached hydrogen (secondary N) is 2. The van der Waals surface area contributed by atoms with Crippen molar-refractivity contribution in [3.05, 3.63) is 77.5 Å². The molecule has 1 fully saturated rings. The highest BCUT2D eigenvalue weighted by atomic mass is 16.1. The molecule has 0 aliphatic carbocycles. The molecule has 1 unspecified atom stereocenters. The van der Waals surface area contributed by atoms with Crippen LogP contribution in [0.5, 0.6) is 0 Å². The minimum atomic E-state index is -0.119. The fraction of sp³-hybridized carbons (Fsp3) is 0.304. The lowest BCUT2D eigenvalue weighted by Crippen LogP contribution is -2.36. The van der Waals surface area contributed by atoms with E-state index in [1.54, 1.807) is 6.07 Å². The number of hydrogen-bond acceptors (Lipinski definition) is 3. The second-order valence-electron chi connectivity index (χ2n) is 7.41. The van der Waals surface area contributed by atoms with Crippen molar-refractivity contribution in [2.75, 3.05) is 19.6 Å². The highest BCUT2D eigenvalue weighted by Gasteiger charge is 2.24. The fourth-order valence-electron chi connectivity index (χ4n) is 3.78. The Hall–Kier alpha value is -2.92. The van der Waals surface area contributed by atoms with Gasteiger partial charge in [-0.25, -0.2) is 0 Å². The predicted octanol–water partition coefficient (Wildman–Crippen LogP) is 3.95. The average molecular weight is 374 g/mol. The van der Waals surface area contributed by atoms with E-state index < -0.39 is 0 Å². The van der Waals surface area contributed by atoms with Gasteiger partial charge in [0.05, 0.1) is 11.7 Å². The fourth-order valence-corrected chi connectivity index (χ4v) is 3.78. The zero-order valence-corrected chi connectivity index (χ0v) is 16.2. The number of H-pyrrole nitrogens is 1. The average Bonchev–Trinajstić information content (AvgIpc) is 3.42. The summed E-state index contributed by atoms with van der Waals surface area (Å²) in [6, 6.07) is 20.5. The summed E-state index contributed by atoms with van der Waals surface area (Å²) in [6.07, 6.45) is 2.44. The van der Waals surface area contributed by atoms with Gasteiger partial charge in [0.1, 0.15) is 5.69 Å². The van der Waals surface area contributed by atoms with Crippen LogP contribution in [0.1, 0.15) is 40.5 Å². The topological polar surface area (TPSA) is 61.0 Å². The molecule has 1 saturated heterocycles. The van der Waals surface area contributed by atoms with Crippen molar-refractivity contribution in [3.8, 4) is 11.3 Å². The van der Waals surface area contributed by atoms with Gasteiger partial charge in [-0.05, 0) is 44.5 Å². The largest absolute Gasteiger partial charge is 0.349 e. The molecule has 1 aliphatic heterocycles. The maximum atomic E-state index is 12.7. The first kappa shape index (κ1) is 18.4. The lowest BCUT2D eigenvalue weighted by molar-refractivity contribution is 0.0933. The van der Waals surface area contributed by atoms with Crippen LogP contribution in [0.15, 0.2) is 60.7 Å². The first-order chi connectivity index (χ1) is 13.7. The number of aryl methyl sites for hydroxylation is 1. The van der Waals surface area contributed by atoms with E-state index in [1.165, 1.54) is 24.0 Å². The molecule has 4 rings (SSSR count). The van der Waals surface area contributed by atoms with Crippen LogP contribution >= 0.6 is 0 Å². The van der Waals surface area contributed by atoms with Crippen LogP contribution in [0.4, 0.5) is 0 Å². The minimum Gasteiger partial charge on any atom is -0.349 e. The Kier molecular flexibility index (Phi) is 5.53. The zero-order chi connectivity index (χ0) is 19.3. The molecule has 1 amide bonds. The van der Waals surface area contributed by atoms with E-state index in [1.807, 2.05) is 30.3 Å². The monoisotopic (exact) mass is 374 g/mol. The van der Waals surface area contributed by atoms with Crippen molar-refractivity contribution in [1.29, 1.82) is 0 Å². The molecule has 2 heterocycles. The number of rotatable bonds is 6. The Balaban J connectivity index is 1.45. The molecule has 2 aromatic carbocycles. The van der Waals surface area contributed by atoms with E-state index in [0.717, 1.165) is 24.3 Å². The number of aromatic nitrogens is 2. The predicted molar refractivity (Wildman–Crippen MR) is 111 cm³/mol. The first-order valence-electron chi connectivity index (χ1n) is 9.90. The molecule has 2 N–H and O–H groups in total. The molecule has 144 valence electrons. The number of carbonyl (C=O) groups is 1. The van der Waals surface area contributed by atoms with Gasteiger partial charge in [-0.3, -0.25) is 14.8 Å². The number of carbonyl (C=O) groups excluding carboxylic acids is 1. The smallest absolute Gasteiger partial charge is 0.269 e. The molecule has 1 aromatic heterocycles. The van der Waals surface area contributed by atoms with Crippen LogP contribution in [-0.4, -0.2) is 40.6 Å². The van der Waals surface area contributed by atoms with Crippen LogP contribution in [0.2, 0.25) is 0 Å². The van der Waals surface area contributed by atoms with Crippen molar-refractivity contribution in [3.63, 3.8) is 0 Å². The van der Waals surface area contributed by atoms with Gasteiger partial charge < -0.3 is 5.32 Å². The Morgan fingerprint density at radius 2 is 1.82 bits per heavy atom. The van der Waals surface area contributed by atoms with E-state index in [0.29, 0.717) is 12.2 Å². The van der Waals surface area contributed by atoms with Crippen molar-refractivity contribution in [2.24, 2.45) is 0 Å². The molecule has 28 heavy (non-hydrogen) atoms. The van der Waals surface area contributed by atoms with Crippen LogP contribution in [0, 0.1) is 6.92 Å². The standard InChI is InChI=1S/C23H26N4O/c1-17-9-11-19(12-10-17)22(27-13-5-6-14-27)16-24-23(28)21-15-20(25-26-21)18-7-3-2-4-8-18/h2-4,7-12,15,22H,5-6,13-14,16H2,1H3,(H,24,28)(H,25,26). The van der Waals surface area contributed by atoms with E-state index in [-0.39, 0.29) is 11.9 Å². The van der Waals surface area contributed by atoms with Crippen LogP contribution < -0.4 is 5.32 Å². The summed E-state index contributed by atoms with van der Waals surface area (Å²) in [5, 5.41) is 10.3. The molecule has 5 heteroatoms. The number of nitrogens with zero attached hydrogens (tertiary/aromatic N) is 2. The summed E-state index contributed by atoms with van der Waals surface area (Å²) in [5.41, 5.74) is 4.76. The molecule has 0 spiro atoms.